The van der Waals surface area contributed by atoms with Crippen LogP contribution in [-0.4, -0.2) is 29.7 Å². The normalized spacial score (nSPS) is 11.5. The monoisotopic (exact) mass is 209 g/mol. The van der Waals surface area contributed by atoms with E-state index in [1.165, 1.54) is 7.05 Å². The molecule has 0 amide bonds. The number of anilines is 1. The Morgan fingerprint density at radius 2 is 2.00 bits per heavy atom. The average Bonchev–Trinajstić information content (AvgIpc) is 2.01. The zero-order chi connectivity index (χ0) is 10.8. The van der Waals surface area contributed by atoms with Gasteiger partial charge in [-0.1, -0.05) is 0 Å². The second-order valence-corrected chi connectivity index (χ2v) is 2.67. The fourth-order valence-corrected chi connectivity index (χ4v) is 0.883. The Bertz CT molecular complexity index is 312. The van der Waals surface area contributed by atoms with Crippen LogP contribution in [0.2, 0.25) is 0 Å². The molecular formula is C7H7F4N3. The Kier molecular flexibility index (Phi) is 2.87. The molecule has 7 heteroatoms. The Labute approximate surface area is 77.4 Å². The highest BCUT2D eigenvalue weighted by Gasteiger charge is 2.29. The molecule has 1 heterocycles. The van der Waals surface area contributed by atoms with E-state index in [0.717, 1.165) is 17.3 Å². The molecule has 1 aromatic rings. The molecular weight excluding hydrogens is 202 g/mol. The van der Waals surface area contributed by atoms with Crippen molar-refractivity contribution in [3.8, 4) is 0 Å². The number of nitrogens with zero attached hydrogens (tertiary/aromatic N) is 3. The number of aromatic nitrogens is 2. The standard InChI is InChI=1S/C7H7F4N3/c1-14(3-7(9,10)11)6-2-5(8)12-4-13-6/h2,4H,3H2,1H3. The van der Waals surface area contributed by atoms with Gasteiger partial charge in [-0.2, -0.15) is 17.6 Å². The van der Waals surface area contributed by atoms with Crippen molar-refractivity contribution >= 4 is 5.82 Å². The van der Waals surface area contributed by atoms with Gasteiger partial charge < -0.3 is 4.90 Å². The molecule has 0 saturated carbocycles. The third kappa shape index (κ3) is 3.15. The summed E-state index contributed by atoms with van der Waals surface area (Å²) in [6, 6.07) is 0.839. The number of alkyl halides is 3. The molecule has 0 saturated heterocycles. The van der Waals surface area contributed by atoms with Gasteiger partial charge in [-0.3, -0.25) is 0 Å². The second-order valence-electron chi connectivity index (χ2n) is 2.67. The molecule has 14 heavy (non-hydrogen) atoms. The van der Waals surface area contributed by atoms with Gasteiger partial charge >= 0.3 is 6.18 Å². The van der Waals surface area contributed by atoms with Crippen molar-refractivity contribution in [1.82, 2.24) is 9.97 Å². The quantitative estimate of drug-likeness (QED) is 0.547. The molecule has 0 radical (unpaired) electrons. The van der Waals surface area contributed by atoms with E-state index >= 15 is 0 Å². The van der Waals surface area contributed by atoms with Crippen LogP contribution in [-0.2, 0) is 0 Å². The minimum Gasteiger partial charge on any atom is -0.350 e. The van der Waals surface area contributed by atoms with Crippen LogP contribution < -0.4 is 4.90 Å². The first-order valence-corrected chi connectivity index (χ1v) is 3.64. The zero-order valence-corrected chi connectivity index (χ0v) is 7.22. The molecule has 0 aliphatic carbocycles. The minimum atomic E-state index is -4.34. The van der Waals surface area contributed by atoms with E-state index in [-0.39, 0.29) is 5.82 Å². The molecule has 0 unspecified atom stereocenters. The maximum absolute atomic E-state index is 12.5. The molecule has 0 aromatic carbocycles. The highest BCUT2D eigenvalue weighted by atomic mass is 19.4. The first kappa shape index (κ1) is 10.7. The lowest BCUT2D eigenvalue weighted by Crippen LogP contribution is -2.31. The predicted molar refractivity (Wildman–Crippen MR) is 41.3 cm³/mol. The maximum atomic E-state index is 12.5. The average molecular weight is 209 g/mol. The van der Waals surface area contributed by atoms with E-state index in [9.17, 15) is 17.6 Å². The van der Waals surface area contributed by atoms with Gasteiger partial charge in [0, 0.05) is 13.1 Å². The maximum Gasteiger partial charge on any atom is 0.405 e. The Morgan fingerprint density at radius 3 is 2.50 bits per heavy atom. The van der Waals surface area contributed by atoms with Crippen molar-refractivity contribution in [1.29, 1.82) is 0 Å². The largest absolute Gasteiger partial charge is 0.405 e. The van der Waals surface area contributed by atoms with Crippen LogP contribution >= 0.6 is 0 Å². The van der Waals surface area contributed by atoms with Crippen molar-refractivity contribution in [3.05, 3.63) is 18.3 Å². The summed E-state index contributed by atoms with van der Waals surface area (Å²) in [6.07, 6.45) is -3.46. The summed E-state index contributed by atoms with van der Waals surface area (Å²) in [7, 11) is 1.18. The van der Waals surface area contributed by atoms with Gasteiger partial charge in [0.25, 0.3) is 0 Å². The molecule has 0 atom stereocenters. The van der Waals surface area contributed by atoms with Crippen LogP contribution in [0.3, 0.4) is 0 Å². The van der Waals surface area contributed by atoms with Gasteiger partial charge in [-0.25, -0.2) is 9.97 Å². The first-order chi connectivity index (χ1) is 6.38. The minimum absolute atomic E-state index is 0.102. The molecule has 0 spiro atoms. The summed E-state index contributed by atoms with van der Waals surface area (Å²) < 4.78 is 48.2. The van der Waals surface area contributed by atoms with Crippen molar-refractivity contribution in [3.63, 3.8) is 0 Å². The van der Waals surface area contributed by atoms with Crippen LogP contribution in [0.5, 0.6) is 0 Å². The summed E-state index contributed by atoms with van der Waals surface area (Å²) in [5, 5.41) is 0. The third-order valence-electron chi connectivity index (χ3n) is 1.43. The van der Waals surface area contributed by atoms with Crippen LogP contribution in [0.25, 0.3) is 0 Å². The molecule has 0 aliphatic rings. The highest BCUT2D eigenvalue weighted by Crippen LogP contribution is 2.18. The van der Waals surface area contributed by atoms with Crippen LogP contribution in [0.1, 0.15) is 0 Å². The van der Waals surface area contributed by atoms with Crippen molar-refractivity contribution in [2.24, 2.45) is 0 Å². The summed E-state index contributed by atoms with van der Waals surface area (Å²) >= 11 is 0. The fraction of sp³-hybridized carbons (Fsp3) is 0.429. The van der Waals surface area contributed by atoms with E-state index in [2.05, 4.69) is 9.97 Å². The highest BCUT2D eigenvalue weighted by molar-refractivity contribution is 5.35. The van der Waals surface area contributed by atoms with E-state index in [4.69, 9.17) is 0 Å². The van der Waals surface area contributed by atoms with Crippen LogP contribution in [0.15, 0.2) is 12.4 Å². The molecule has 0 bridgehead atoms. The summed E-state index contributed by atoms with van der Waals surface area (Å²) in [6.45, 7) is -1.18. The van der Waals surface area contributed by atoms with Gasteiger partial charge in [0.15, 0.2) is 0 Å². The summed E-state index contributed by atoms with van der Waals surface area (Å²) in [5.41, 5.74) is 0. The molecule has 0 fully saturated rings. The van der Waals surface area contributed by atoms with E-state index in [1.54, 1.807) is 0 Å². The van der Waals surface area contributed by atoms with E-state index in [1.807, 2.05) is 0 Å². The lowest BCUT2D eigenvalue weighted by Gasteiger charge is -2.19. The summed E-state index contributed by atoms with van der Waals surface area (Å²) in [4.78, 5) is 7.43. The molecule has 1 rings (SSSR count). The predicted octanol–water partition coefficient (Wildman–Crippen LogP) is 1.61. The first-order valence-electron chi connectivity index (χ1n) is 3.64. The molecule has 1 aromatic heterocycles. The van der Waals surface area contributed by atoms with Gasteiger partial charge in [0.05, 0.1) is 0 Å². The number of rotatable bonds is 2. The van der Waals surface area contributed by atoms with Gasteiger partial charge in [-0.05, 0) is 0 Å². The lowest BCUT2D eigenvalue weighted by molar-refractivity contribution is -0.119. The van der Waals surface area contributed by atoms with Crippen molar-refractivity contribution in [2.45, 2.75) is 6.18 Å². The second kappa shape index (κ2) is 3.77. The number of hydrogen-bond donors (Lipinski definition) is 0. The Morgan fingerprint density at radius 1 is 1.36 bits per heavy atom. The third-order valence-corrected chi connectivity index (χ3v) is 1.43. The van der Waals surface area contributed by atoms with Crippen molar-refractivity contribution in [2.75, 3.05) is 18.5 Å². The van der Waals surface area contributed by atoms with Gasteiger partial charge in [0.2, 0.25) is 5.95 Å². The lowest BCUT2D eigenvalue weighted by atomic mass is 10.5. The fourth-order valence-electron chi connectivity index (χ4n) is 0.883. The molecule has 78 valence electrons. The van der Waals surface area contributed by atoms with Gasteiger partial charge in [0.1, 0.15) is 18.7 Å². The molecule has 0 aliphatic heterocycles. The number of halogens is 4. The molecule has 0 N–H and O–H groups in total. The SMILES string of the molecule is CN(CC(F)(F)F)c1cc(F)ncn1. The van der Waals surface area contributed by atoms with E-state index < -0.39 is 18.7 Å². The molecule has 3 nitrogen and oxygen atoms in total. The van der Waals surface area contributed by atoms with E-state index in [0.29, 0.717) is 0 Å². The number of hydrogen-bond acceptors (Lipinski definition) is 3. The van der Waals surface area contributed by atoms with Crippen molar-refractivity contribution < 1.29 is 17.6 Å². The van der Waals surface area contributed by atoms with Crippen LogP contribution in [0, 0.1) is 5.95 Å². The Hall–Kier alpha value is -1.40. The Balaban J connectivity index is 2.74. The smallest absolute Gasteiger partial charge is 0.350 e. The topological polar surface area (TPSA) is 29.0 Å². The zero-order valence-electron chi connectivity index (χ0n) is 7.22. The van der Waals surface area contributed by atoms with Gasteiger partial charge in [-0.15, -0.1) is 0 Å². The van der Waals surface area contributed by atoms with Crippen LogP contribution in [0.4, 0.5) is 23.4 Å². The summed E-state index contributed by atoms with van der Waals surface area (Å²) in [5.74, 6) is -0.959.